The maximum absolute atomic E-state index is 3.67. The van der Waals surface area contributed by atoms with Crippen LogP contribution in [0.15, 0.2) is 12.1 Å². The quantitative estimate of drug-likeness (QED) is 0.850. The van der Waals surface area contributed by atoms with Crippen molar-refractivity contribution < 1.29 is 0 Å². The van der Waals surface area contributed by atoms with Gasteiger partial charge in [-0.25, -0.2) is 0 Å². The van der Waals surface area contributed by atoms with Gasteiger partial charge in [0.05, 0.1) is 0 Å². The van der Waals surface area contributed by atoms with Crippen molar-refractivity contribution in [1.82, 2.24) is 10.2 Å². The molecule has 18 heavy (non-hydrogen) atoms. The third kappa shape index (κ3) is 3.14. The van der Waals surface area contributed by atoms with Crippen molar-refractivity contribution in [2.24, 2.45) is 0 Å². The molecule has 0 atom stereocenters. The Morgan fingerprint density at radius 1 is 1.22 bits per heavy atom. The maximum atomic E-state index is 3.67. The predicted molar refractivity (Wildman–Crippen MR) is 80.3 cm³/mol. The van der Waals surface area contributed by atoms with E-state index in [1.54, 1.807) is 0 Å². The van der Waals surface area contributed by atoms with Gasteiger partial charge < -0.3 is 10.2 Å². The first-order chi connectivity index (χ1) is 8.66. The Morgan fingerprint density at radius 2 is 1.89 bits per heavy atom. The van der Waals surface area contributed by atoms with Gasteiger partial charge in [0.25, 0.3) is 0 Å². The van der Waals surface area contributed by atoms with Crippen LogP contribution in [0.2, 0.25) is 0 Å². The summed E-state index contributed by atoms with van der Waals surface area (Å²) in [5.74, 6) is 0. The summed E-state index contributed by atoms with van der Waals surface area (Å²) in [4.78, 5) is 5.40. The summed E-state index contributed by atoms with van der Waals surface area (Å²) in [7, 11) is 4.46. The number of thiophene rings is 1. The molecule has 1 saturated carbocycles. The lowest BCUT2D eigenvalue weighted by molar-refractivity contribution is 0.154. The molecule has 0 saturated heterocycles. The smallest absolute Gasteiger partial charge is 0.0328 e. The molecule has 1 N–H and O–H groups in total. The lowest BCUT2D eigenvalue weighted by atomic mass is 9.96. The SMILES string of the molecule is CCc1ccc(CNCC2(N(C)C)CCCC2)s1. The van der Waals surface area contributed by atoms with E-state index in [0.29, 0.717) is 5.54 Å². The largest absolute Gasteiger partial charge is 0.310 e. The van der Waals surface area contributed by atoms with Crippen molar-refractivity contribution in [2.75, 3.05) is 20.6 Å². The third-order valence-corrected chi connectivity index (χ3v) is 5.53. The molecule has 102 valence electrons. The molecule has 0 bridgehead atoms. The molecular weight excluding hydrogens is 240 g/mol. The van der Waals surface area contributed by atoms with Gasteiger partial charge in [0.15, 0.2) is 0 Å². The number of hydrogen-bond donors (Lipinski definition) is 1. The van der Waals surface area contributed by atoms with Gasteiger partial charge in [-0.1, -0.05) is 19.8 Å². The molecule has 1 heterocycles. The molecule has 1 aliphatic rings. The Hall–Kier alpha value is -0.380. The van der Waals surface area contributed by atoms with Crippen LogP contribution in [-0.2, 0) is 13.0 Å². The van der Waals surface area contributed by atoms with Gasteiger partial charge in [0.2, 0.25) is 0 Å². The van der Waals surface area contributed by atoms with Crippen LogP contribution in [-0.4, -0.2) is 31.1 Å². The first kappa shape index (κ1) is 14.0. The van der Waals surface area contributed by atoms with Crippen LogP contribution in [0.1, 0.15) is 42.4 Å². The highest BCUT2D eigenvalue weighted by molar-refractivity contribution is 7.11. The Morgan fingerprint density at radius 3 is 2.44 bits per heavy atom. The molecule has 0 unspecified atom stereocenters. The molecule has 3 heteroatoms. The van der Waals surface area contributed by atoms with Gasteiger partial charge in [-0.05, 0) is 45.5 Å². The average Bonchev–Trinajstić information content (AvgIpc) is 2.98. The van der Waals surface area contributed by atoms with E-state index in [1.807, 2.05) is 11.3 Å². The van der Waals surface area contributed by atoms with E-state index in [-0.39, 0.29) is 0 Å². The lowest BCUT2D eigenvalue weighted by Crippen LogP contribution is -2.49. The van der Waals surface area contributed by atoms with Crippen LogP contribution in [0.4, 0.5) is 0 Å². The number of hydrogen-bond acceptors (Lipinski definition) is 3. The van der Waals surface area contributed by atoms with E-state index in [1.165, 1.54) is 35.4 Å². The van der Waals surface area contributed by atoms with Gasteiger partial charge in [0.1, 0.15) is 0 Å². The molecule has 1 fully saturated rings. The van der Waals surface area contributed by atoms with Crippen molar-refractivity contribution in [1.29, 1.82) is 0 Å². The standard InChI is InChI=1S/C15H26N2S/c1-4-13-7-8-14(18-13)11-16-12-15(17(2)3)9-5-6-10-15/h7-8,16H,4-6,9-12H2,1-3H3. The second-order valence-corrected chi connectivity index (χ2v) is 6.90. The molecule has 0 radical (unpaired) electrons. The molecule has 1 aromatic heterocycles. The Balaban J connectivity index is 1.83. The molecule has 0 aliphatic heterocycles. The number of aryl methyl sites for hydroxylation is 1. The van der Waals surface area contributed by atoms with E-state index >= 15 is 0 Å². The minimum absolute atomic E-state index is 0.408. The minimum Gasteiger partial charge on any atom is -0.310 e. The number of likely N-dealkylation sites (N-methyl/N-ethyl adjacent to an activating group) is 1. The Bertz CT molecular complexity index is 364. The van der Waals surface area contributed by atoms with Gasteiger partial charge in [-0.2, -0.15) is 0 Å². The molecular formula is C15H26N2S. The number of nitrogens with zero attached hydrogens (tertiary/aromatic N) is 1. The highest BCUT2D eigenvalue weighted by Gasteiger charge is 2.35. The number of nitrogens with one attached hydrogen (secondary N) is 1. The topological polar surface area (TPSA) is 15.3 Å². The normalized spacial score (nSPS) is 18.7. The van der Waals surface area contributed by atoms with Gasteiger partial charge in [0, 0.05) is 28.4 Å². The average molecular weight is 266 g/mol. The zero-order valence-corrected chi connectivity index (χ0v) is 12.8. The van der Waals surface area contributed by atoms with E-state index in [0.717, 1.165) is 19.5 Å². The predicted octanol–water partition coefficient (Wildman–Crippen LogP) is 3.27. The minimum atomic E-state index is 0.408. The van der Waals surface area contributed by atoms with Crippen LogP contribution in [0.5, 0.6) is 0 Å². The summed E-state index contributed by atoms with van der Waals surface area (Å²) in [5.41, 5.74) is 0.408. The number of rotatable bonds is 6. The summed E-state index contributed by atoms with van der Waals surface area (Å²) < 4.78 is 0. The van der Waals surface area contributed by atoms with Crippen LogP contribution >= 0.6 is 11.3 Å². The Kier molecular flexibility index (Phi) is 4.82. The zero-order valence-electron chi connectivity index (χ0n) is 12.0. The van der Waals surface area contributed by atoms with Crippen molar-refractivity contribution in [3.8, 4) is 0 Å². The van der Waals surface area contributed by atoms with Gasteiger partial charge >= 0.3 is 0 Å². The molecule has 2 rings (SSSR count). The highest BCUT2D eigenvalue weighted by atomic mass is 32.1. The van der Waals surface area contributed by atoms with E-state index in [2.05, 4.69) is 43.4 Å². The maximum Gasteiger partial charge on any atom is 0.0328 e. The van der Waals surface area contributed by atoms with Crippen molar-refractivity contribution in [2.45, 2.75) is 51.1 Å². The summed E-state index contributed by atoms with van der Waals surface area (Å²) in [6.07, 6.45) is 6.62. The monoisotopic (exact) mass is 266 g/mol. The first-order valence-corrected chi connectivity index (χ1v) is 7.94. The van der Waals surface area contributed by atoms with Crippen molar-refractivity contribution in [3.05, 3.63) is 21.9 Å². The lowest BCUT2D eigenvalue weighted by Gasteiger charge is -2.36. The summed E-state index contributed by atoms with van der Waals surface area (Å²) in [6.45, 7) is 4.38. The van der Waals surface area contributed by atoms with Crippen molar-refractivity contribution in [3.63, 3.8) is 0 Å². The Labute approximate surface area is 115 Å². The molecule has 2 nitrogen and oxygen atoms in total. The third-order valence-electron chi connectivity index (χ3n) is 4.30. The second kappa shape index (κ2) is 6.18. The highest BCUT2D eigenvalue weighted by Crippen LogP contribution is 2.33. The summed E-state index contributed by atoms with van der Waals surface area (Å²) in [5, 5.41) is 3.67. The van der Waals surface area contributed by atoms with Crippen molar-refractivity contribution >= 4 is 11.3 Å². The fourth-order valence-electron chi connectivity index (χ4n) is 2.94. The fourth-order valence-corrected chi connectivity index (χ4v) is 3.87. The summed E-state index contributed by atoms with van der Waals surface area (Å²) >= 11 is 1.95. The van der Waals surface area contributed by atoms with Crippen LogP contribution in [0.3, 0.4) is 0 Å². The van der Waals surface area contributed by atoms with Crippen LogP contribution in [0.25, 0.3) is 0 Å². The zero-order chi connectivity index (χ0) is 13.0. The molecule has 0 amide bonds. The van der Waals surface area contributed by atoms with Gasteiger partial charge in [-0.15, -0.1) is 11.3 Å². The second-order valence-electron chi connectivity index (χ2n) is 5.65. The molecule has 1 aliphatic carbocycles. The van der Waals surface area contributed by atoms with Gasteiger partial charge in [-0.3, -0.25) is 0 Å². The summed E-state index contributed by atoms with van der Waals surface area (Å²) in [6, 6.07) is 4.53. The first-order valence-electron chi connectivity index (χ1n) is 7.12. The van der Waals surface area contributed by atoms with E-state index in [4.69, 9.17) is 0 Å². The fraction of sp³-hybridized carbons (Fsp3) is 0.733. The van der Waals surface area contributed by atoms with Crippen LogP contribution < -0.4 is 5.32 Å². The van der Waals surface area contributed by atoms with Crippen LogP contribution in [0, 0.1) is 0 Å². The molecule has 1 aromatic rings. The van der Waals surface area contributed by atoms with E-state index < -0.39 is 0 Å². The molecule has 0 aromatic carbocycles. The molecule has 0 spiro atoms. The van der Waals surface area contributed by atoms with E-state index in [9.17, 15) is 0 Å².